The van der Waals surface area contributed by atoms with Gasteiger partial charge in [0.1, 0.15) is 12.5 Å². The maximum absolute atomic E-state index is 12.8. The van der Waals surface area contributed by atoms with Crippen LogP contribution in [-0.2, 0) is 16.1 Å². The number of amides is 1. The third-order valence-electron chi connectivity index (χ3n) is 4.39. The second-order valence-electron chi connectivity index (χ2n) is 6.19. The summed E-state index contributed by atoms with van der Waals surface area (Å²) < 4.78 is 0. The maximum atomic E-state index is 12.8. The predicted molar refractivity (Wildman–Crippen MR) is 108 cm³/mol. The molecule has 0 fully saturated rings. The second-order valence-corrected chi connectivity index (χ2v) is 6.63. The number of hydrogen-bond donors (Lipinski definition) is 2. The molecule has 6 heteroatoms. The third-order valence-corrected chi connectivity index (χ3v) is 4.64. The Balaban J connectivity index is 1.82. The summed E-state index contributed by atoms with van der Waals surface area (Å²) in [6, 6.07) is 12.5. The number of benzene rings is 2. The number of carbonyl (C=O) groups is 1. The summed E-state index contributed by atoms with van der Waals surface area (Å²) in [7, 11) is 0. The van der Waals surface area contributed by atoms with E-state index in [1.54, 1.807) is 42.5 Å². The van der Waals surface area contributed by atoms with Crippen LogP contribution in [0.1, 0.15) is 22.6 Å². The summed E-state index contributed by atoms with van der Waals surface area (Å²) in [5.74, 6) is 5.84. The predicted octanol–water partition coefficient (Wildman–Crippen LogP) is 2.80. The van der Waals surface area contributed by atoms with Crippen molar-refractivity contribution in [2.24, 2.45) is 10.9 Å². The molecule has 140 valence electrons. The average Bonchev–Trinajstić information content (AvgIpc) is 2.72. The zero-order chi connectivity index (χ0) is 19.9. The lowest BCUT2D eigenvalue weighted by molar-refractivity contribution is -0.123. The summed E-state index contributed by atoms with van der Waals surface area (Å²) in [6.07, 6.45) is 2.89. The van der Waals surface area contributed by atoms with Crippen LogP contribution in [0.5, 0.6) is 0 Å². The van der Waals surface area contributed by atoms with E-state index in [0.717, 1.165) is 11.1 Å². The third kappa shape index (κ3) is 4.57. The average molecular weight is 393 g/mol. The molecule has 28 heavy (non-hydrogen) atoms. The molecular weight excluding hydrogens is 376 g/mol. The van der Waals surface area contributed by atoms with Crippen molar-refractivity contribution in [2.75, 3.05) is 6.61 Å². The van der Waals surface area contributed by atoms with Gasteiger partial charge in [0.2, 0.25) is 5.91 Å². The highest BCUT2D eigenvalue weighted by Crippen LogP contribution is 2.37. The van der Waals surface area contributed by atoms with E-state index < -0.39 is 11.8 Å². The Morgan fingerprint density at radius 1 is 1.25 bits per heavy atom. The minimum atomic E-state index is -0.637. The van der Waals surface area contributed by atoms with E-state index >= 15 is 0 Å². The van der Waals surface area contributed by atoms with Crippen molar-refractivity contribution in [3.63, 3.8) is 0 Å². The van der Waals surface area contributed by atoms with Gasteiger partial charge in [-0.1, -0.05) is 35.6 Å². The first-order valence-electron chi connectivity index (χ1n) is 8.63. The number of aliphatic imine (C=N–C) groups is 1. The van der Waals surface area contributed by atoms with Gasteiger partial charge >= 0.3 is 0 Å². The van der Waals surface area contributed by atoms with Crippen LogP contribution in [0.25, 0.3) is 0 Å². The lowest BCUT2D eigenvalue weighted by atomic mass is 9.82. The first-order valence-corrected chi connectivity index (χ1v) is 9.01. The highest BCUT2D eigenvalue weighted by molar-refractivity contribution is 6.30. The van der Waals surface area contributed by atoms with Gasteiger partial charge in [-0.15, -0.1) is 0 Å². The molecule has 2 N–H and O–H groups in total. The molecule has 2 aromatic rings. The van der Waals surface area contributed by atoms with E-state index in [1.165, 1.54) is 6.08 Å². The number of fused-ring (bicyclic) bond motifs is 1. The fourth-order valence-corrected chi connectivity index (χ4v) is 3.14. The van der Waals surface area contributed by atoms with Crippen molar-refractivity contribution in [3.05, 3.63) is 70.3 Å². The number of nitrogens with zero attached hydrogens (tertiary/aromatic N) is 1. The van der Waals surface area contributed by atoms with Crippen LogP contribution >= 0.6 is 11.6 Å². The minimum Gasteiger partial charge on any atom is -0.384 e. The SMILES string of the molecule is O=C=CC1c2cc(C#CCO)ccc2N=CC1C(=O)NCc1ccc(Cl)cc1. The standard InChI is InChI=1S/C22H17ClN2O3/c23-17-6-3-16(4-7-17)13-25-22(28)20-14-24-21-8-5-15(2-1-10-26)12-19(21)18(20)9-11-27/h3-9,12,14,18,20,26H,10,13H2,(H,25,28). The van der Waals surface area contributed by atoms with E-state index in [-0.39, 0.29) is 12.5 Å². The van der Waals surface area contributed by atoms with Crippen molar-refractivity contribution < 1.29 is 14.7 Å². The van der Waals surface area contributed by atoms with Crippen molar-refractivity contribution in [1.29, 1.82) is 0 Å². The van der Waals surface area contributed by atoms with Crippen LogP contribution in [-0.4, -0.2) is 29.8 Å². The number of hydrogen-bond acceptors (Lipinski definition) is 4. The highest BCUT2D eigenvalue weighted by Gasteiger charge is 2.31. The Morgan fingerprint density at radius 2 is 2.04 bits per heavy atom. The Hall–Kier alpha value is -3.16. The molecule has 2 atom stereocenters. The number of carbonyl (C=O) groups excluding carboxylic acids is 2. The molecule has 5 nitrogen and oxygen atoms in total. The number of aliphatic hydroxyl groups is 1. The van der Waals surface area contributed by atoms with Crippen LogP contribution in [0.15, 0.2) is 53.5 Å². The largest absolute Gasteiger partial charge is 0.384 e. The quantitative estimate of drug-likeness (QED) is 0.620. The zero-order valence-electron chi connectivity index (χ0n) is 14.9. The van der Waals surface area contributed by atoms with Crippen molar-refractivity contribution in [1.82, 2.24) is 5.32 Å². The Bertz CT molecular complexity index is 1010. The highest BCUT2D eigenvalue weighted by atomic mass is 35.5. The second kappa shape index (κ2) is 9.16. The smallest absolute Gasteiger partial charge is 0.229 e. The summed E-state index contributed by atoms with van der Waals surface area (Å²) in [4.78, 5) is 28.2. The molecule has 1 heterocycles. The van der Waals surface area contributed by atoms with Gasteiger partial charge in [-0.2, -0.15) is 0 Å². The number of allylic oxidation sites excluding steroid dienone is 1. The van der Waals surface area contributed by atoms with Crippen LogP contribution in [0, 0.1) is 17.8 Å². The Morgan fingerprint density at radius 3 is 2.75 bits per heavy atom. The van der Waals surface area contributed by atoms with Crippen molar-refractivity contribution in [2.45, 2.75) is 12.5 Å². The zero-order valence-corrected chi connectivity index (χ0v) is 15.6. The first-order chi connectivity index (χ1) is 13.6. The lowest BCUT2D eigenvalue weighted by Gasteiger charge is -2.25. The molecule has 1 aliphatic heterocycles. The van der Waals surface area contributed by atoms with Crippen molar-refractivity contribution in [3.8, 4) is 11.8 Å². The van der Waals surface area contributed by atoms with E-state index in [0.29, 0.717) is 22.8 Å². The van der Waals surface area contributed by atoms with E-state index in [2.05, 4.69) is 22.2 Å². The molecule has 0 bridgehead atoms. The van der Waals surface area contributed by atoms with E-state index in [4.69, 9.17) is 16.7 Å². The topological polar surface area (TPSA) is 78.8 Å². The first kappa shape index (κ1) is 19.6. The molecule has 0 spiro atoms. The Labute approximate surface area is 167 Å². The van der Waals surface area contributed by atoms with Crippen LogP contribution < -0.4 is 5.32 Å². The van der Waals surface area contributed by atoms with Crippen molar-refractivity contribution >= 4 is 35.4 Å². The van der Waals surface area contributed by atoms with Gasteiger partial charge in [0.15, 0.2) is 0 Å². The van der Waals surface area contributed by atoms with E-state index in [9.17, 15) is 9.59 Å². The molecule has 0 aliphatic carbocycles. The molecule has 0 saturated carbocycles. The molecule has 2 aromatic carbocycles. The number of aliphatic hydroxyl groups excluding tert-OH is 1. The molecule has 2 unspecified atom stereocenters. The molecular formula is C22H17ClN2O3. The molecule has 0 saturated heterocycles. The molecule has 1 amide bonds. The lowest BCUT2D eigenvalue weighted by Crippen LogP contribution is -2.35. The normalized spacial score (nSPS) is 16.9. The molecule has 1 aliphatic rings. The van der Waals surface area contributed by atoms with Crippen LogP contribution in [0.4, 0.5) is 5.69 Å². The number of nitrogens with one attached hydrogen (secondary N) is 1. The Kier molecular flexibility index (Phi) is 6.41. The van der Waals surface area contributed by atoms with Gasteiger partial charge in [-0.05, 0) is 41.5 Å². The fraction of sp³-hybridized carbons (Fsp3) is 0.182. The minimum absolute atomic E-state index is 0.243. The van der Waals surface area contributed by atoms with Gasteiger partial charge in [-0.3, -0.25) is 9.79 Å². The van der Waals surface area contributed by atoms with Gasteiger partial charge < -0.3 is 10.4 Å². The molecule has 0 radical (unpaired) electrons. The fourth-order valence-electron chi connectivity index (χ4n) is 3.01. The number of rotatable bonds is 4. The van der Waals surface area contributed by atoms with Gasteiger partial charge in [-0.25, -0.2) is 4.79 Å². The summed E-state index contributed by atoms with van der Waals surface area (Å²) in [5, 5.41) is 12.4. The van der Waals surface area contributed by atoms with E-state index in [1.807, 2.05) is 12.1 Å². The van der Waals surface area contributed by atoms with Crippen LogP contribution in [0.3, 0.4) is 0 Å². The van der Waals surface area contributed by atoms with Gasteiger partial charge in [0.25, 0.3) is 0 Å². The monoisotopic (exact) mass is 392 g/mol. The maximum Gasteiger partial charge on any atom is 0.229 e. The summed E-state index contributed by atoms with van der Waals surface area (Å²) >= 11 is 5.87. The summed E-state index contributed by atoms with van der Waals surface area (Å²) in [5.41, 5.74) is 2.99. The van der Waals surface area contributed by atoms with Crippen LogP contribution in [0.2, 0.25) is 5.02 Å². The molecule has 0 aromatic heterocycles. The summed E-state index contributed by atoms with van der Waals surface area (Å²) in [6.45, 7) is 0.0926. The van der Waals surface area contributed by atoms with Gasteiger partial charge in [0, 0.05) is 35.3 Å². The number of halogens is 1. The van der Waals surface area contributed by atoms with Gasteiger partial charge in [0.05, 0.1) is 11.6 Å². The molecule has 3 rings (SSSR count).